The fourth-order valence-corrected chi connectivity index (χ4v) is 1.95. The van der Waals surface area contributed by atoms with E-state index in [2.05, 4.69) is 10.3 Å². The van der Waals surface area contributed by atoms with Crippen LogP contribution in [0.5, 0.6) is 11.5 Å². The first kappa shape index (κ1) is 15.8. The summed E-state index contributed by atoms with van der Waals surface area (Å²) in [5.74, 6) is 1.26. The Kier molecular flexibility index (Phi) is 5.77. The molecule has 0 unspecified atom stereocenters. The van der Waals surface area contributed by atoms with Crippen molar-refractivity contribution in [2.45, 2.75) is 26.0 Å². The van der Waals surface area contributed by atoms with E-state index < -0.39 is 6.10 Å². The maximum absolute atomic E-state index is 12.2. The van der Waals surface area contributed by atoms with Crippen molar-refractivity contribution in [2.75, 3.05) is 7.11 Å². The molecular weight excluding hydrogens is 280 g/mol. The van der Waals surface area contributed by atoms with Crippen molar-refractivity contribution in [1.82, 2.24) is 10.3 Å². The number of rotatable bonds is 7. The molecule has 0 aliphatic heterocycles. The van der Waals surface area contributed by atoms with Crippen LogP contribution >= 0.6 is 0 Å². The summed E-state index contributed by atoms with van der Waals surface area (Å²) in [5, 5.41) is 2.86. The van der Waals surface area contributed by atoms with Crippen LogP contribution in [0.15, 0.2) is 48.8 Å². The van der Waals surface area contributed by atoms with Crippen LogP contribution in [0.3, 0.4) is 0 Å². The lowest BCUT2D eigenvalue weighted by Crippen LogP contribution is -2.37. The molecule has 116 valence electrons. The zero-order chi connectivity index (χ0) is 15.8. The molecule has 5 nitrogen and oxygen atoms in total. The van der Waals surface area contributed by atoms with Crippen LogP contribution in [0, 0.1) is 0 Å². The first-order valence-corrected chi connectivity index (χ1v) is 7.20. The Morgan fingerprint density at radius 2 is 1.95 bits per heavy atom. The van der Waals surface area contributed by atoms with Gasteiger partial charge in [-0.15, -0.1) is 0 Å². The van der Waals surface area contributed by atoms with Gasteiger partial charge >= 0.3 is 0 Å². The first-order chi connectivity index (χ1) is 10.7. The number of hydrogen-bond acceptors (Lipinski definition) is 4. The van der Waals surface area contributed by atoms with Crippen LogP contribution in [-0.2, 0) is 11.3 Å². The highest BCUT2D eigenvalue weighted by molar-refractivity contribution is 5.81. The van der Waals surface area contributed by atoms with Crippen LogP contribution < -0.4 is 14.8 Å². The van der Waals surface area contributed by atoms with E-state index in [0.29, 0.717) is 18.7 Å². The normalized spacial score (nSPS) is 11.5. The lowest BCUT2D eigenvalue weighted by atomic mass is 10.2. The zero-order valence-corrected chi connectivity index (χ0v) is 12.8. The van der Waals surface area contributed by atoms with Gasteiger partial charge in [-0.1, -0.05) is 13.0 Å². The van der Waals surface area contributed by atoms with Crippen molar-refractivity contribution in [3.05, 3.63) is 54.4 Å². The van der Waals surface area contributed by atoms with Gasteiger partial charge in [-0.3, -0.25) is 9.78 Å². The Morgan fingerprint density at radius 1 is 1.23 bits per heavy atom. The highest BCUT2D eigenvalue weighted by atomic mass is 16.5. The minimum absolute atomic E-state index is 0.137. The molecule has 1 N–H and O–H groups in total. The van der Waals surface area contributed by atoms with Crippen molar-refractivity contribution < 1.29 is 14.3 Å². The van der Waals surface area contributed by atoms with Crippen LogP contribution in [0.2, 0.25) is 0 Å². The molecule has 2 aromatic rings. The molecule has 0 spiro atoms. The molecule has 1 aromatic heterocycles. The molecule has 22 heavy (non-hydrogen) atoms. The average molecular weight is 300 g/mol. The fraction of sp³-hybridized carbons (Fsp3) is 0.294. The molecule has 1 heterocycles. The number of benzene rings is 1. The molecule has 0 fully saturated rings. The molecule has 0 bridgehead atoms. The van der Waals surface area contributed by atoms with Gasteiger partial charge in [-0.2, -0.15) is 0 Å². The zero-order valence-electron chi connectivity index (χ0n) is 12.8. The number of nitrogens with one attached hydrogen (secondary N) is 1. The summed E-state index contributed by atoms with van der Waals surface area (Å²) in [6.07, 6.45) is 3.49. The van der Waals surface area contributed by atoms with Gasteiger partial charge in [-0.05, 0) is 42.3 Å². The third kappa shape index (κ3) is 4.48. The van der Waals surface area contributed by atoms with Gasteiger partial charge in [0.25, 0.3) is 5.91 Å². The lowest BCUT2D eigenvalue weighted by molar-refractivity contribution is -0.128. The molecule has 1 amide bonds. The summed E-state index contributed by atoms with van der Waals surface area (Å²) < 4.78 is 10.8. The Morgan fingerprint density at radius 3 is 2.55 bits per heavy atom. The van der Waals surface area contributed by atoms with E-state index in [1.807, 2.05) is 19.1 Å². The van der Waals surface area contributed by atoms with Crippen LogP contribution in [0.1, 0.15) is 18.9 Å². The van der Waals surface area contributed by atoms with Crippen molar-refractivity contribution >= 4 is 5.91 Å². The van der Waals surface area contributed by atoms with E-state index in [1.54, 1.807) is 43.8 Å². The van der Waals surface area contributed by atoms with Gasteiger partial charge in [0, 0.05) is 18.9 Å². The first-order valence-electron chi connectivity index (χ1n) is 7.20. The Balaban J connectivity index is 1.90. The number of hydrogen-bond donors (Lipinski definition) is 1. The fourth-order valence-electron chi connectivity index (χ4n) is 1.95. The number of aromatic nitrogens is 1. The van der Waals surface area contributed by atoms with Crippen LogP contribution in [0.25, 0.3) is 0 Å². The molecule has 0 aliphatic rings. The third-order valence-corrected chi connectivity index (χ3v) is 3.19. The number of amides is 1. The molecule has 1 aromatic carbocycles. The summed E-state index contributed by atoms with van der Waals surface area (Å²) >= 11 is 0. The Hall–Kier alpha value is -2.56. The van der Waals surface area contributed by atoms with E-state index in [0.717, 1.165) is 11.3 Å². The highest BCUT2D eigenvalue weighted by Gasteiger charge is 2.18. The van der Waals surface area contributed by atoms with Crippen molar-refractivity contribution in [1.29, 1.82) is 0 Å². The summed E-state index contributed by atoms with van der Waals surface area (Å²) in [7, 11) is 1.61. The predicted molar refractivity (Wildman–Crippen MR) is 83.8 cm³/mol. The number of nitrogens with zero attached hydrogens (tertiary/aromatic N) is 1. The second-order valence-electron chi connectivity index (χ2n) is 4.77. The van der Waals surface area contributed by atoms with Gasteiger partial charge in [0.15, 0.2) is 6.10 Å². The number of carbonyl (C=O) groups is 1. The van der Waals surface area contributed by atoms with Crippen LogP contribution in [0.4, 0.5) is 0 Å². The SMILES string of the molecule is CC[C@@H](Oc1ccc(OC)cc1)C(=O)NCc1cccnc1. The minimum atomic E-state index is -0.523. The standard InChI is InChI=1S/C17H20N2O3/c1-3-16(22-15-8-6-14(21-2)7-9-15)17(20)19-12-13-5-4-10-18-11-13/h4-11,16H,3,12H2,1-2H3,(H,19,20)/t16-/m1/s1. The van der Waals surface area contributed by atoms with Crippen molar-refractivity contribution in [3.8, 4) is 11.5 Å². The van der Waals surface area contributed by atoms with Gasteiger partial charge in [0.05, 0.1) is 7.11 Å². The Bertz CT molecular complexity index is 585. The Labute approximate surface area is 130 Å². The quantitative estimate of drug-likeness (QED) is 0.853. The monoisotopic (exact) mass is 300 g/mol. The maximum atomic E-state index is 12.2. The molecular formula is C17H20N2O3. The maximum Gasteiger partial charge on any atom is 0.261 e. The largest absolute Gasteiger partial charge is 0.497 e. The molecule has 2 rings (SSSR count). The minimum Gasteiger partial charge on any atom is -0.497 e. The van der Waals surface area contributed by atoms with Gasteiger partial charge in [0.2, 0.25) is 0 Å². The van der Waals surface area contributed by atoms with E-state index in [9.17, 15) is 4.79 Å². The topological polar surface area (TPSA) is 60.5 Å². The lowest BCUT2D eigenvalue weighted by Gasteiger charge is -2.17. The summed E-state index contributed by atoms with van der Waals surface area (Å²) in [6, 6.07) is 10.9. The van der Waals surface area contributed by atoms with E-state index in [-0.39, 0.29) is 5.91 Å². The molecule has 0 saturated heterocycles. The van der Waals surface area contributed by atoms with E-state index >= 15 is 0 Å². The predicted octanol–water partition coefficient (Wildman–Crippen LogP) is 2.56. The molecule has 0 radical (unpaired) electrons. The average Bonchev–Trinajstić information content (AvgIpc) is 2.59. The molecule has 0 aliphatic carbocycles. The summed E-state index contributed by atoms with van der Waals surface area (Å²) in [4.78, 5) is 16.2. The smallest absolute Gasteiger partial charge is 0.261 e. The summed E-state index contributed by atoms with van der Waals surface area (Å²) in [6.45, 7) is 2.35. The molecule has 0 saturated carbocycles. The van der Waals surface area contributed by atoms with Crippen LogP contribution in [-0.4, -0.2) is 24.1 Å². The summed E-state index contributed by atoms with van der Waals surface area (Å²) in [5.41, 5.74) is 0.954. The van der Waals surface area contributed by atoms with E-state index in [4.69, 9.17) is 9.47 Å². The van der Waals surface area contributed by atoms with Gasteiger partial charge in [-0.25, -0.2) is 0 Å². The molecule has 1 atom stereocenters. The number of methoxy groups -OCH3 is 1. The van der Waals surface area contributed by atoms with Crippen molar-refractivity contribution in [2.24, 2.45) is 0 Å². The highest BCUT2D eigenvalue weighted by Crippen LogP contribution is 2.19. The number of ether oxygens (including phenoxy) is 2. The van der Waals surface area contributed by atoms with Gasteiger partial charge in [0.1, 0.15) is 11.5 Å². The van der Waals surface area contributed by atoms with Gasteiger partial charge < -0.3 is 14.8 Å². The molecule has 5 heteroatoms. The second kappa shape index (κ2) is 8.02. The second-order valence-corrected chi connectivity index (χ2v) is 4.77. The van der Waals surface area contributed by atoms with E-state index in [1.165, 1.54) is 0 Å². The number of carbonyl (C=O) groups excluding carboxylic acids is 1. The van der Waals surface area contributed by atoms with Crippen molar-refractivity contribution in [3.63, 3.8) is 0 Å². The number of pyridine rings is 1. The third-order valence-electron chi connectivity index (χ3n) is 3.19.